The van der Waals surface area contributed by atoms with Crippen LogP contribution in [0.3, 0.4) is 0 Å². The van der Waals surface area contributed by atoms with Gasteiger partial charge < -0.3 is 25.1 Å². The van der Waals surface area contributed by atoms with Gasteiger partial charge in [-0.05, 0) is 29.3 Å². The molecule has 1 aliphatic rings. The number of anilines is 1. The lowest BCUT2D eigenvalue weighted by atomic mass is 10.2. The fraction of sp³-hybridized carbons (Fsp3) is 0.250. The van der Waals surface area contributed by atoms with Crippen LogP contribution in [0.25, 0.3) is 11.2 Å². The van der Waals surface area contributed by atoms with E-state index in [1.807, 2.05) is 18.2 Å². The Bertz CT molecular complexity index is 960. The molecule has 1 aliphatic heterocycles. The minimum absolute atomic E-state index is 0.0869. The van der Waals surface area contributed by atoms with Crippen molar-refractivity contribution in [1.82, 2.24) is 25.3 Å². The Morgan fingerprint density at radius 1 is 1.27 bits per heavy atom. The average molecular weight is 375 g/mol. The first-order chi connectivity index (χ1) is 12.7. The number of hydrogen-bond donors (Lipinski definition) is 3. The molecule has 9 nitrogen and oxygen atoms in total. The Balaban J connectivity index is 1.28. The maximum Gasteiger partial charge on any atom is 0.231 e. The lowest BCUT2D eigenvalue weighted by molar-refractivity contribution is -0.121. The van der Waals surface area contributed by atoms with Crippen molar-refractivity contribution in [2.45, 2.75) is 13.0 Å². The second kappa shape index (κ2) is 7.04. The van der Waals surface area contributed by atoms with E-state index in [0.29, 0.717) is 35.8 Å². The number of carbonyl (C=O) groups excluding carboxylic acids is 1. The molecule has 26 heavy (non-hydrogen) atoms. The first kappa shape index (κ1) is 16.4. The Hall–Kier alpha value is -3.07. The number of imidazole rings is 1. The lowest BCUT2D eigenvalue weighted by Gasteiger charge is -2.08. The Morgan fingerprint density at radius 3 is 3.08 bits per heavy atom. The van der Waals surface area contributed by atoms with Crippen molar-refractivity contribution in [1.29, 1.82) is 0 Å². The van der Waals surface area contributed by atoms with Gasteiger partial charge in [0.1, 0.15) is 5.52 Å². The highest BCUT2D eigenvalue weighted by atomic mass is 35.5. The summed E-state index contributed by atoms with van der Waals surface area (Å²) in [4.78, 5) is 27.1. The van der Waals surface area contributed by atoms with E-state index in [1.54, 1.807) is 0 Å². The molecule has 0 saturated heterocycles. The number of H-pyrrole nitrogens is 1. The maximum absolute atomic E-state index is 12.0. The van der Waals surface area contributed by atoms with Gasteiger partial charge in [0.2, 0.25) is 18.0 Å². The zero-order valence-corrected chi connectivity index (χ0v) is 14.3. The number of carbonyl (C=O) groups is 1. The summed E-state index contributed by atoms with van der Waals surface area (Å²) in [5.41, 5.74) is 2.06. The molecule has 1 aromatic carbocycles. The minimum Gasteiger partial charge on any atom is -0.454 e. The van der Waals surface area contributed by atoms with E-state index in [9.17, 15) is 4.79 Å². The van der Waals surface area contributed by atoms with Crippen molar-refractivity contribution in [2.24, 2.45) is 0 Å². The van der Waals surface area contributed by atoms with Crippen LogP contribution in [0.1, 0.15) is 12.0 Å². The number of aromatic nitrogens is 4. The minimum atomic E-state index is -0.0869. The quantitative estimate of drug-likeness (QED) is 0.564. The van der Waals surface area contributed by atoms with E-state index < -0.39 is 0 Å². The van der Waals surface area contributed by atoms with Crippen LogP contribution < -0.4 is 20.1 Å². The number of benzene rings is 1. The molecule has 0 radical (unpaired) electrons. The maximum atomic E-state index is 12.0. The molecular weight excluding hydrogens is 360 g/mol. The molecule has 2 aromatic heterocycles. The fourth-order valence-electron chi connectivity index (χ4n) is 2.57. The molecule has 1 amide bonds. The molecule has 0 atom stereocenters. The van der Waals surface area contributed by atoms with Gasteiger partial charge in [-0.25, -0.2) is 4.98 Å². The predicted octanol–water partition coefficient (Wildman–Crippen LogP) is 1.85. The zero-order chi connectivity index (χ0) is 17.9. The van der Waals surface area contributed by atoms with Gasteiger partial charge in [-0.1, -0.05) is 6.07 Å². The molecule has 134 valence electrons. The third kappa shape index (κ3) is 3.47. The molecule has 4 rings (SSSR count). The smallest absolute Gasteiger partial charge is 0.231 e. The summed E-state index contributed by atoms with van der Waals surface area (Å²) in [5.74, 6) is 1.85. The Kier molecular flexibility index (Phi) is 4.44. The van der Waals surface area contributed by atoms with Crippen molar-refractivity contribution >= 4 is 34.5 Å². The third-order valence-electron chi connectivity index (χ3n) is 3.83. The summed E-state index contributed by atoms with van der Waals surface area (Å²) in [7, 11) is 0. The van der Waals surface area contributed by atoms with E-state index >= 15 is 0 Å². The fourth-order valence-corrected chi connectivity index (χ4v) is 2.73. The summed E-state index contributed by atoms with van der Waals surface area (Å²) in [6.07, 6.45) is 1.79. The number of halogens is 1. The van der Waals surface area contributed by atoms with E-state index in [0.717, 1.165) is 11.3 Å². The standard InChI is InChI=1S/C16H15ClN6O3/c17-16-22-14(13-15(23-16)21-7-20-13)18-4-3-12(24)19-6-9-1-2-10-11(5-9)26-8-25-10/h1-2,5,7H,3-4,6,8H2,(H,19,24)(H2,18,20,21,22,23). The van der Waals surface area contributed by atoms with Gasteiger partial charge in [0.25, 0.3) is 0 Å². The zero-order valence-electron chi connectivity index (χ0n) is 13.6. The first-order valence-electron chi connectivity index (χ1n) is 7.95. The third-order valence-corrected chi connectivity index (χ3v) is 4.00. The van der Waals surface area contributed by atoms with Gasteiger partial charge in [0, 0.05) is 19.5 Å². The van der Waals surface area contributed by atoms with Crippen LogP contribution in [0.5, 0.6) is 11.5 Å². The molecule has 0 bridgehead atoms. The van der Waals surface area contributed by atoms with Crippen LogP contribution in [-0.2, 0) is 11.3 Å². The number of aromatic amines is 1. The van der Waals surface area contributed by atoms with Crippen molar-refractivity contribution in [3.63, 3.8) is 0 Å². The Labute approximate surface area is 153 Å². The van der Waals surface area contributed by atoms with Crippen molar-refractivity contribution < 1.29 is 14.3 Å². The van der Waals surface area contributed by atoms with Crippen LogP contribution >= 0.6 is 11.6 Å². The molecular formula is C16H15ClN6O3. The van der Waals surface area contributed by atoms with E-state index in [-0.39, 0.29) is 24.4 Å². The summed E-state index contributed by atoms with van der Waals surface area (Å²) >= 11 is 5.87. The number of nitrogens with zero attached hydrogens (tertiary/aromatic N) is 3. The van der Waals surface area contributed by atoms with Crippen molar-refractivity contribution in [2.75, 3.05) is 18.7 Å². The molecule has 10 heteroatoms. The molecule has 0 fully saturated rings. The topological polar surface area (TPSA) is 114 Å². The van der Waals surface area contributed by atoms with Gasteiger partial charge in [0.15, 0.2) is 23.0 Å². The van der Waals surface area contributed by atoms with Gasteiger partial charge >= 0.3 is 0 Å². The average Bonchev–Trinajstić information content (AvgIpc) is 3.28. The van der Waals surface area contributed by atoms with Gasteiger partial charge in [0.05, 0.1) is 6.33 Å². The van der Waals surface area contributed by atoms with E-state index in [1.165, 1.54) is 6.33 Å². The van der Waals surface area contributed by atoms with Gasteiger partial charge in [-0.2, -0.15) is 9.97 Å². The van der Waals surface area contributed by atoms with Crippen LogP contribution in [0, 0.1) is 0 Å². The highest BCUT2D eigenvalue weighted by Gasteiger charge is 2.13. The summed E-state index contributed by atoms with van der Waals surface area (Å²) in [6.45, 7) is 1.04. The SMILES string of the molecule is O=C(CCNc1nc(Cl)nc2nc[nH]c12)NCc1ccc2c(c1)OCO2. The largest absolute Gasteiger partial charge is 0.454 e. The van der Waals surface area contributed by atoms with Crippen LogP contribution in [0.15, 0.2) is 24.5 Å². The molecule has 0 aliphatic carbocycles. The monoisotopic (exact) mass is 374 g/mol. The lowest BCUT2D eigenvalue weighted by Crippen LogP contribution is -2.25. The summed E-state index contributed by atoms with van der Waals surface area (Å²) in [6, 6.07) is 5.59. The number of hydrogen-bond acceptors (Lipinski definition) is 7. The number of fused-ring (bicyclic) bond motifs is 2. The van der Waals surface area contributed by atoms with Crippen LogP contribution in [-0.4, -0.2) is 39.2 Å². The van der Waals surface area contributed by atoms with E-state index in [2.05, 4.69) is 30.6 Å². The highest BCUT2D eigenvalue weighted by molar-refractivity contribution is 6.28. The molecule has 0 spiro atoms. The molecule has 3 aromatic rings. The van der Waals surface area contributed by atoms with Crippen LogP contribution in [0.2, 0.25) is 5.28 Å². The highest BCUT2D eigenvalue weighted by Crippen LogP contribution is 2.32. The van der Waals surface area contributed by atoms with Crippen molar-refractivity contribution in [3.05, 3.63) is 35.4 Å². The summed E-state index contributed by atoms with van der Waals surface area (Å²) < 4.78 is 10.6. The molecule has 0 saturated carbocycles. The van der Waals surface area contributed by atoms with Gasteiger partial charge in [-0.15, -0.1) is 0 Å². The molecule has 0 unspecified atom stereocenters. The second-order valence-electron chi connectivity index (χ2n) is 5.58. The van der Waals surface area contributed by atoms with Gasteiger partial charge in [-0.3, -0.25) is 4.79 Å². The number of amides is 1. The normalized spacial score (nSPS) is 12.3. The van der Waals surface area contributed by atoms with E-state index in [4.69, 9.17) is 21.1 Å². The number of rotatable bonds is 6. The Morgan fingerprint density at radius 2 is 2.15 bits per heavy atom. The predicted molar refractivity (Wildman–Crippen MR) is 94.2 cm³/mol. The second-order valence-corrected chi connectivity index (χ2v) is 5.92. The first-order valence-corrected chi connectivity index (χ1v) is 8.32. The van der Waals surface area contributed by atoms with Crippen molar-refractivity contribution in [3.8, 4) is 11.5 Å². The number of ether oxygens (including phenoxy) is 2. The summed E-state index contributed by atoms with van der Waals surface area (Å²) in [5, 5.41) is 6.04. The molecule has 3 heterocycles. The van der Waals surface area contributed by atoms with Crippen LogP contribution in [0.4, 0.5) is 5.82 Å². The molecule has 3 N–H and O–H groups in total. The number of nitrogens with one attached hydrogen (secondary N) is 3.